The summed E-state index contributed by atoms with van der Waals surface area (Å²) in [6.07, 6.45) is 1.52. The molecule has 0 bridgehead atoms. The number of carbonyl (C=O) groups is 1. The number of anilines is 3. The third-order valence-corrected chi connectivity index (χ3v) is 3.63. The van der Waals surface area contributed by atoms with Crippen LogP contribution in [0.1, 0.15) is 5.56 Å². The van der Waals surface area contributed by atoms with Gasteiger partial charge in [-0.1, -0.05) is 0 Å². The summed E-state index contributed by atoms with van der Waals surface area (Å²) >= 11 is 0. The molecule has 0 saturated heterocycles. The highest BCUT2D eigenvalue weighted by molar-refractivity contribution is 7.90. The van der Waals surface area contributed by atoms with Gasteiger partial charge in [-0.3, -0.25) is 4.79 Å². The Morgan fingerprint density at radius 2 is 2.17 bits per heavy atom. The smallest absolute Gasteiger partial charge is 0.228 e. The van der Waals surface area contributed by atoms with Crippen molar-refractivity contribution in [2.75, 3.05) is 34.9 Å². The maximum atomic E-state index is 11.2. The zero-order valence-corrected chi connectivity index (χ0v) is 10.8. The lowest BCUT2D eigenvalue weighted by Crippen LogP contribution is -2.15. The fraction of sp³-hybridized carbons (Fsp3) is 0.364. The third kappa shape index (κ3) is 2.92. The van der Waals surface area contributed by atoms with Crippen LogP contribution >= 0.6 is 0 Å². The predicted octanol–water partition coefficient (Wildman–Crippen LogP) is 0.220. The summed E-state index contributed by atoms with van der Waals surface area (Å²) < 4.78 is 22.0. The number of amides is 1. The summed E-state index contributed by atoms with van der Waals surface area (Å²) in [7, 11) is -3.00. The number of hydrogen-bond acceptors (Lipinski definition) is 5. The Kier molecular flexibility index (Phi) is 3.16. The molecule has 1 heterocycles. The summed E-state index contributed by atoms with van der Waals surface area (Å²) in [5.74, 6) is -0.0201. The quantitative estimate of drug-likeness (QED) is 0.679. The van der Waals surface area contributed by atoms with Crippen LogP contribution in [0.25, 0.3) is 0 Å². The molecule has 1 aromatic rings. The monoisotopic (exact) mass is 269 g/mol. The second kappa shape index (κ2) is 4.49. The number of nitrogen functional groups attached to an aromatic ring is 1. The highest BCUT2D eigenvalue weighted by atomic mass is 32.2. The summed E-state index contributed by atoms with van der Waals surface area (Å²) in [6.45, 7) is 0.287. The third-order valence-electron chi connectivity index (χ3n) is 2.69. The van der Waals surface area contributed by atoms with E-state index in [2.05, 4.69) is 10.6 Å². The van der Waals surface area contributed by atoms with Gasteiger partial charge >= 0.3 is 0 Å². The molecule has 0 aliphatic carbocycles. The van der Waals surface area contributed by atoms with E-state index in [1.165, 1.54) is 6.26 Å². The first-order valence-electron chi connectivity index (χ1n) is 5.49. The van der Waals surface area contributed by atoms with Crippen molar-refractivity contribution in [2.45, 2.75) is 6.42 Å². The average Bonchev–Trinajstić information content (AvgIpc) is 2.55. The van der Waals surface area contributed by atoms with E-state index in [1.807, 2.05) is 0 Å². The van der Waals surface area contributed by atoms with E-state index in [0.717, 1.165) is 11.3 Å². The number of benzene rings is 1. The summed E-state index contributed by atoms with van der Waals surface area (Å²) in [5.41, 5.74) is 8.59. The second-order valence-electron chi connectivity index (χ2n) is 4.38. The molecule has 0 atom stereocenters. The first-order chi connectivity index (χ1) is 8.35. The van der Waals surface area contributed by atoms with Gasteiger partial charge in [0.2, 0.25) is 5.91 Å². The van der Waals surface area contributed by atoms with Crippen LogP contribution in [-0.4, -0.2) is 32.9 Å². The Balaban J connectivity index is 2.10. The van der Waals surface area contributed by atoms with Crippen LogP contribution in [0.4, 0.5) is 17.1 Å². The van der Waals surface area contributed by atoms with Gasteiger partial charge in [-0.15, -0.1) is 0 Å². The van der Waals surface area contributed by atoms with Gasteiger partial charge in [0.25, 0.3) is 0 Å². The van der Waals surface area contributed by atoms with Crippen molar-refractivity contribution in [2.24, 2.45) is 0 Å². The minimum atomic E-state index is -3.00. The van der Waals surface area contributed by atoms with Crippen molar-refractivity contribution in [3.63, 3.8) is 0 Å². The van der Waals surface area contributed by atoms with Crippen molar-refractivity contribution < 1.29 is 13.2 Å². The van der Waals surface area contributed by atoms with Crippen LogP contribution in [0.15, 0.2) is 12.1 Å². The topological polar surface area (TPSA) is 101 Å². The number of rotatable bonds is 4. The fourth-order valence-corrected chi connectivity index (χ4v) is 2.29. The molecule has 7 heteroatoms. The normalized spacial score (nSPS) is 14.2. The van der Waals surface area contributed by atoms with Crippen LogP contribution in [0.3, 0.4) is 0 Å². The molecule has 0 saturated carbocycles. The van der Waals surface area contributed by atoms with Crippen molar-refractivity contribution >= 4 is 32.8 Å². The van der Waals surface area contributed by atoms with Gasteiger partial charge in [-0.2, -0.15) is 0 Å². The van der Waals surface area contributed by atoms with Crippen LogP contribution < -0.4 is 16.4 Å². The molecule has 6 nitrogen and oxygen atoms in total. The van der Waals surface area contributed by atoms with Gasteiger partial charge in [0.15, 0.2) is 0 Å². The lowest BCUT2D eigenvalue weighted by atomic mass is 10.1. The summed E-state index contributed by atoms with van der Waals surface area (Å²) in [5, 5.41) is 5.68. The molecule has 0 aromatic heterocycles. The minimum Gasteiger partial charge on any atom is -0.397 e. The van der Waals surface area contributed by atoms with E-state index in [4.69, 9.17) is 5.73 Å². The lowest BCUT2D eigenvalue weighted by Gasteiger charge is -2.11. The van der Waals surface area contributed by atoms with Gasteiger partial charge in [0, 0.05) is 18.5 Å². The van der Waals surface area contributed by atoms with E-state index < -0.39 is 9.84 Å². The predicted molar refractivity (Wildman–Crippen MR) is 71.4 cm³/mol. The standard InChI is InChI=1S/C11H15N3O3S/c1-18(16,17)3-2-13-10-6-9-7(4-8(10)12)5-11(15)14-9/h4,6,13H,2-3,5,12H2,1H3,(H,14,15). The Morgan fingerprint density at radius 1 is 1.44 bits per heavy atom. The molecule has 0 radical (unpaired) electrons. The number of nitrogens with two attached hydrogens (primary N) is 1. The number of sulfone groups is 1. The number of hydrogen-bond donors (Lipinski definition) is 3. The van der Waals surface area contributed by atoms with Crippen molar-refractivity contribution in [1.29, 1.82) is 0 Å². The summed E-state index contributed by atoms with van der Waals surface area (Å²) in [4.78, 5) is 11.2. The van der Waals surface area contributed by atoms with Gasteiger partial charge in [0.05, 0.1) is 23.5 Å². The SMILES string of the molecule is CS(=O)(=O)CCNc1cc2c(cc1N)CC(=O)N2. The molecule has 1 aromatic carbocycles. The van der Waals surface area contributed by atoms with E-state index in [0.29, 0.717) is 17.8 Å². The molecule has 0 fully saturated rings. The highest BCUT2D eigenvalue weighted by Gasteiger charge is 2.19. The molecule has 1 amide bonds. The van der Waals surface area contributed by atoms with Gasteiger partial charge in [0.1, 0.15) is 9.84 Å². The zero-order chi connectivity index (χ0) is 13.3. The fourth-order valence-electron chi connectivity index (χ4n) is 1.82. The van der Waals surface area contributed by atoms with E-state index in [9.17, 15) is 13.2 Å². The van der Waals surface area contributed by atoms with Crippen molar-refractivity contribution in [3.8, 4) is 0 Å². The number of fused-ring (bicyclic) bond motifs is 1. The average molecular weight is 269 g/mol. The highest BCUT2D eigenvalue weighted by Crippen LogP contribution is 2.31. The van der Waals surface area contributed by atoms with Gasteiger partial charge in [-0.05, 0) is 17.7 Å². The molecule has 18 heavy (non-hydrogen) atoms. The van der Waals surface area contributed by atoms with Crippen LogP contribution in [0.5, 0.6) is 0 Å². The zero-order valence-electron chi connectivity index (χ0n) is 9.99. The Labute approximate surface area is 105 Å². The molecular formula is C11H15N3O3S. The number of nitrogens with one attached hydrogen (secondary N) is 2. The Morgan fingerprint density at radius 3 is 2.83 bits per heavy atom. The second-order valence-corrected chi connectivity index (χ2v) is 6.64. The molecular weight excluding hydrogens is 254 g/mol. The first kappa shape index (κ1) is 12.7. The molecule has 1 aliphatic rings. The number of carbonyl (C=O) groups excluding carboxylic acids is 1. The maximum Gasteiger partial charge on any atom is 0.228 e. The van der Waals surface area contributed by atoms with Gasteiger partial charge in [-0.25, -0.2) is 8.42 Å². The van der Waals surface area contributed by atoms with E-state index >= 15 is 0 Å². The van der Waals surface area contributed by atoms with Crippen LogP contribution in [0, 0.1) is 0 Å². The van der Waals surface area contributed by atoms with Crippen molar-refractivity contribution in [3.05, 3.63) is 17.7 Å². The molecule has 1 aliphatic heterocycles. The molecule has 4 N–H and O–H groups in total. The van der Waals surface area contributed by atoms with Gasteiger partial charge < -0.3 is 16.4 Å². The molecule has 0 spiro atoms. The Hall–Kier alpha value is -1.76. The largest absolute Gasteiger partial charge is 0.397 e. The van der Waals surface area contributed by atoms with E-state index in [-0.39, 0.29) is 18.2 Å². The minimum absolute atomic E-state index is 0.0376. The van der Waals surface area contributed by atoms with Crippen LogP contribution in [-0.2, 0) is 21.1 Å². The lowest BCUT2D eigenvalue weighted by molar-refractivity contribution is -0.115. The maximum absolute atomic E-state index is 11.2. The molecule has 2 rings (SSSR count). The molecule has 98 valence electrons. The van der Waals surface area contributed by atoms with Crippen molar-refractivity contribution in [1.82, 2.24) is 0 Å². The summed E-state index contributed by atoms with van der Waals surface area (Å²) in [6, 6.07) is 3.47. The van der Waals surface area contributed by atoms with E-state index in [1.54, 1.807) is 12.1 Å². The first-order valence-corrected chi connectivity index (χ1v) is 7.55. The Bertz CT molecular complexity index is 596. The van der Waals surface area contributed by atoms with Crippen LogP contribution in [0.2, 0.25) is 0 Å². The molecule has 0 unspecified atom stereocenters.